The number of halogens is 1. The van der Waals surface area contributed by atoms with Gasteiger partial charge < -0.3 is 10.2 Å². The Bertz CT molecular complexity index is 789. The van der Waals surface area contributed by atoms with E-state index in [2.05, 4.69) is 61.3 Å². The van der Waals surface area contributed by atoms with Crippen molar-refractivity contribution in [1.29, 1.82) is 0 Å². The monoisotopic (exact) mass is 382 g/mol. The highest BCUT2D eigenvalue weighted by molar-refractivity contribution is 6.30. The van der Waals surface area contributed by atoms with Gasteiger partial charge in [-0.25, -0.2) is 0 Å². The molecule has 0 radical (unpaired) electrons. The first kappa shape index (κ1) is 18.7. The van der Waals surface area contributed by atoms with E-state index in [0.717, 1.165) is 23.2 Å². The highest BCUT2D eigenvalue weighted by Gasteiger charge is 2.34. The maximum atomic E-state index is 6.08. The molecule has 4 rings (SSSR count). The average Bonchev–Trinajstić information content (AvgIpc) is 3.44. The van der Waals surface area contributed by atoms with Crippen molar-refractivity contribution in [2.75, 3.05) is 16.8 Å². The van der Waals surface area contributed by atoms with E-state index >= 15 is 0 Å². The van der Waals surface area contributed by atoms with Crippen molar-refractivity contribution >= 4 is 28.7 Å². The first-order valence-electron chi connectivity index (χ1n) is 10.4. The van der Waals surface area contributed by atoms with Gasteiger partial charge in [-0.2, -0.15) is 0 Å². The van der Waals surface area contributed by atoms with E-state index in [1.165, 1.54) is 49.0 Å². The molecule has 0 spiro atoms. The minimum Gasteiger partial charge on any atom is -0.367 e. The lowest BCUT2D eigenvalue weighted by molar-refractivity contribution is 0.272. The molecule has 2 saturated carbocycles. The van der Waals surface area contributed by atoms with Crippen LogP contribution in [0.5, 0.6) is 0 Å². The van der Waals surface area contributed by atoms with E-state index in [0.29, 0.717) is 11.5 Å². The first-order chi connectivity index (χ1) is 12.9. The standard InChI is InChI=1S/C24H31ClN2/c1-17(2)27(16-18-5-6-18)23-12-7-19(24(3)13-4-14-24)15-22(23)26-21-10-8-20(25)9-11-21/h7-12,15,17-18,26H,4-6,13-14,16H2,1-3H3. The third-order valence-corrected chi connectivity index (χ3v) is 6.61. The molecule has 0 bridgehead atoms. The Morgan fingerprint density at radius 3 is 2.37 bits per heavy atom. The van der Waals surface area contributed by atoms with Crippen LogP contribution in [0.1, 0.15) is 58.4 Å². The number of anilines is 3. The van der Waals surface area contributed by atoms with Crippen molar-refractivity contribution < 1.29 is 0 Å². The van der Waals surface area contributed by atoms with Gasteiger partial charge in [-0.15, -0.1) is 0 Å². The lowest BCUT2D eigenvalue weighted by Crippen LogP contribution is -2.34. The minimum absolute atomic E-state index is 0.341. The molecule has 2 aromatic rings. The summed E-state index contributed by atoms with van der Waals surface area (Å²) in [6.07, 6.45) is 6.68. The maximum absolute atomic E-state index is 6.08. The Morgan fingerprint density at radius 1 is 1.11 bits per heavy atom. The summed E-state index contributed by atoms with van der Waals surface area (Å²) in [6, 6.07) is 15.6. The molecule has 2 nitrogen and oxygen atoms in total. The summed E-state index contributed by atoms with van der Waals surface area (Å²) in [4.78, 5) is 2.57. The Balaban J connectivity index is 1.70. The van der Waals surface area contributed by atoms with Gasteiger partial charge in [0.15, 0.2) is 0 Å². The molecule has 0 aliphatic heterocycles. The summed E-state index contributed by atoms with van der Waals surface area (Å²) in [7, 11) is 0. The van der Waals surface area contributed by atoms with E-state index < -0.39 is 0 Å². The molecule has 1 N–H and O–H groups in total. The highest BCUT2D eigenvalue weighted by atomic mass is 35.5. The van der Waals surface area contributed by atoms with Crippen LogP contribution in [-0.4, -0.2) is 12.6 Å². The second-order valence-corrected chi connectivity index (χ2v) is 9.40. The fourth-order valence-corrected chi connectivity index (χ4v) is 4.24. The zero-order chi connectivity index (χ0) is 19.0. The van der Waals surface area contributed by atoms with E-state index in [1.54, 1.807) is 0 Å². The van der Waals surface area contributed by atoms with Crippen molar-refractivity contribution in [3.05, 3.63) is 53.1 Å². The van der Waals surface area contributed by atoms with Gasteiger partial charge in [-0.1, -0.05) is 31.0 Å². The van der Waals surface area contributed by atoms with Gasteiger partial charge in [0, 0.05) is 23.3 Å². The van der Waals surface area contributed by atoms with Crippen LogP contribution in [0.25, 0.3) is 0 Å². The summed E-state index contributed by atoms with van der Waals surface area (Å²) in [5.41, 5.74) is 5.43. The summed E-state index contributed by atoms with van der Waals surface area (Å²) in [5.74, 6) is 0.861. The Morgan fingerprint density at radius 2 is 1.81 bits per heavy atom. The lowest BCUT2D eigenvalue weighted by Gasteiger charge is -2.40. The molecule has 27 heavy (non-hydrogen) atoms. The summed E-state index contributed by atoms with van der Waals surface area (Å²) < 4.78 is 0. The molecular weight excluding hydrogens is 352 g/mol. The van der Waals surface area contributed by atoms with Crippen LogP contribution >= 0.6 is 11.6 Å². The van der Waals surface area contributed by atoms with Crippen LogP contribution in [0.3, 0.4) is 0 Å². The van der Waals surface area contributed by atoms with Crippen LogP contribution in [-0.2, 0) is 5.41 Å². The summed E-state index contributed by atoms with van der Waals surface area (Å²) >= 11 is 6.08. The van der Waals surface area contributed by atoms with E-state index in [1.807, 2.05) is 12.1 Å². The van der Waals surface area contributed by atoms with Crippen LogP contribution in [0.4, 0.5) is 17.1 Å². The molecule has 3 heteroatoms. The minimum atomic E-state index is 0.341. The largest absolute Gasteiger partial charge is 0.367 e. The predicted octanol–water partition coefficient (Wildman–Crippen LogP) is 7.15. The van der Waals surface area contributed by atoms with E-state index in [-0.39, 0.29) is 0 Å². The number of hydrogen-bond donors (Lipinski definition) is 1. The lowest BCUT2D eigenvalue weighted by atomic mass is 9.66. The average molecular weight is 383 g/mol. The van der Waals surface area contributed by atoms with Crippen LogP contribution in [0.2, 0.25) is 5.02 Å². The SMILES string of the molecule is CC(C)N(CC1CC1)c1ccc(C2(C)CCC2)cc1Nc1ccc(Cl)cc1. The first-order valence-corrected chi connectivity index (χ1v) is 10.8. The van der Waals surface area contributed by atoms with Crippen molar-refractivity contribution in [1.82, 2.24) is 0 Å². The molecule has 0 heterocycles. The fourth-order valence-electron chi connectivity index (χ4n) is 4.11. The zero-order valence-electron chi connectivity index (χ0n) is 16.8. The van der Waals surface area contributed by atoms with Gasteiger partial charge in [-0.05, 0) is 92.8 Å². The molecule has 0 unspecified atom stereocenters. The van der Waals surface area contributed by atoms with Crippen molar-refractivity contribution in [2.45, 2.75) is 64.3 Å². The Hall–Kier alpha value is -1.67. The molecular formula is C24H31ClN2. The van der Waals surface area contributed by atoms with Gasteiger partial charge in [-0.3, -0.25) is 0 Å². The van der Waals surface area contributed by atoms with Gasteiger partial charge in [0.2, 0.25) is 0 Å². The van der Waals surface area contributed by atoms with Gasteiger partial charge in [0.05, 0.1) is 11.4 Å². The normalized spacial score (nSPS) is 18.3. The van der Waals surface area contributed by atoms with Crippen molar-refractivity contribution in [2.24, 2.45) is 5.92 Å². The molecule has 2 aliphatic carbocycles. The molecule has 0 saturated heterocycles. The van der Waals surface area contributed by atoms with E-state index in [9.17, 15) is 0 Å². The maximum Gasteiger partial charge on any atom is 0.0625 e. The van der Waals surface area contributed by atoms with Crippen LogP contribution < -0.4 is 10.2 Å². The molecule has 144 valence electrons. The summed E-state index contributed by atoms with van der Waals surface area (Å²) in [5, 5.41) is 4.46. The van der Waals surface area contributed by atoms with Crippen LogP contribution in [0.15, 0.2) is 42.5 Å². The molecule has 2 aromatic carbocycles. The third kappa shape index (κ3) is 4.11. The van der Waals surface area contributed by atoms with Crippen LogP contribution in [0, 0.1) is 5.92 Å². The van der Waals surface area contributed by atoms with Gasteiger partial charge in [0.25, 0.3) is 0 Å². The predicted molar refractivity (Wildman–Crippen MR) is 118 cm³/mol. The smallest absolute Gasteiger partial charge is 0.0625 e. The molecule has 2 fully saturated rings. The molecule has 0 atom stereocenters. The number of rotatable bonds is 7. The number of hydrogen-bond acceptors (Lipinski definition) is 2. The summed E-state index contributed by atoms with van der Waals surface area (Å²) in [6.45, 7) is 8.16. The number of benzene rings is 2. The van der Waals surface area contributed by atoms with Gasteiger partial charge >= 0.3 is 0 Å². The van der Waals surface area contributed by atoms with Crippen molar-refractivity contribution in [3.8, 4) is 0 Å². The third-order valence-electron chi connectivity index (χ3n) is 6.36. The van der Waals surface area contributed by atoms with Gasteiger partial charge in [0.1, 0.15) is 0 Å². The molecule has 2 aliphatic rings. The topological polar surface area (TPSA) is 15.3 Å². The fraction of sp³-hybridized carbons (Fsp3) is 0.500. The second-order valence-electron chi connectivity index (χ2n) is 8.97. The highest BCUT2D eigenvalue weighted by Crippen LogP contribution is 2.46. The second kappa shape index (κ2) is 7.39. The molecule has 0 amide bonds. The number of nitrogens with zero attached hydrogens (tertiary/aromatic N) is 1. The number of nitrogens with one attached hydrogen (secondary N) is 1. The van der Waals surface area contributed by atoms with E-state index in [4.69, 9.17) is 11.6 Å². The zero-order valence-corrected chi connectivity index (χ0v) is 17.5. The Labute approximate surface area is 168 Å². The molecule has 0 aromatic heterocycles. The quantitative estimate of drug-likeness (QED) is 0.546. The Kier molecular flexibility index (Phi) is 5.11. The van der Waals surface area contributed by atoms with Crippen molar-refractivity contribution in [3.63, 3.8) is 0 Å².